The molecule has 172 valence electrons. The van der Waals surface area contributed by atoms with Crippen molar-refractivity contribution in [2.45, 2.75) is 32.2 Å². The molecular formula is C24H26N4O5. The number of benzene rings is 2. The quantitative estimate of drug-likeness (QED) is 0.333. The van der Waals surface area contributed by atoms with Gasteiger partial charge in [0, 0.05) is 31.1 Å². The highest BCUT2D eigenvalue weighted by molar-refractivity contribution is 5.92. The van der Waals surface area contributed by atoms with E-state index < -0.39 is 34.9 Å². The molecule has 2 aromatic carbocycles. The van der Waals surface area contributed by atoms with Crippen molar-refractivity contribution in [3.8, 4) is 0 Å². The van der Waals surface area contributed by atoms with Gasteiger partial charge in [-0.05, 0) is 17.0 Å². The number of amides is 1. The highest BCUT2D eigenvalue weighted by atomic mass is 16.6. The van der Waals surface area contributed by atoms with Crippen LogP contribution >= 0.6 is 0 Å². The van der Waals surface area contributed by atoms with Crippen LogP contribution in [0, 0.1) is 10.1 Å². The number of hydrogen-bond acceptors (Lipinski definition) is 6. The maximum Gasteiger partial charge on any atom is 0.338 e. The van der Waals surface area contributed by atoms with Gasteiger partial charge in [0.25, 0.3) is 11.6 Å². The third-order valence-corrected chi connectivity index (χ3v) is 5.13. The summed E-state index contributed by atoms with van der Waals surface area (Å²) in [6, 6.07) is 13.0. The van der Waals surface area contributed by atoms with Crippen LogP contribution < -0.4 is 5.32 Å². The number of rotatable bonds is 7. The molecule has 0 saturated carbocycles. The second-order valence-electron chi connectivity index (χ2n) is 8.62. The molecule has 0 fully saturated rings. The van der Waals surface area contributed by atoms with E-state index in [9.17, 15) is 19.7 Å². The Balaban J connectivity index is 1.72. The molecule has 0 aliphatic carbocycles. The van der Waals surface area contributed by atoms with E-state index in [1.807, 2.05) is 58.2 Å². The Morgan fingerprint density at radius 2 is 1.88 bits per heavy atom. The summed E-state index contributed by atoms with van der Waals surface area (Å²) in [5.41, 5.74) is 0.691. The lowest BCUT2D eigenvalue weighted by Crippen LogP contribution is -2.34. The minimum absolute atomic E-state index is 0.00575. The van der Waals surface area contributed by atoms with Crippen molar-refractivity contribution in [1.82, 2.24) is 14.9 Å². The van der Waals surface area contributed by atoms with Gasteiger partial charge < -0.3 is 14.6 Å². The van der Waals surface area contributed by atoms with Crippen LogP contribution in [0.2, 0.25) is 0 Å². The molecule has 0 aliphatic rings. The number of aromatic nitrogens is 2. The van der Waals surface area contributed by atoms with Crippen molar-refractivity contribution in [3.63, 3.8) is 0 Å². The maximum absolute atomic E-state index is 12.6. The van der Waals surface area contributed by atoms with Crippen LogP contribution in [-0.4, -0.2) is 33.0 Å². The number of nitrogens with one attached hydrogen (secondary N) is 1. The number of nitro benzene ring substituents is 1. The van der Waals surface area contributed by atoms with Crippen LogP contribution in [0.1, 0.15) is 54.1 Å². The first-order valence-electron chi connectivity index (χ1n) is 10.4. The molecule has 3 rings (SSSR count). The Hall–Kier alpha value is -4.01. The van der Waals surface area contributed by atoms with Crippen LogP contribution in [-0.2, 0) is 22.0 Å². The van der Waals surface area contributed by atoms with E-state index in [4.69, 9.17) is 4.74 Å². The number of hydrogen-bond donors (Lipinski definition) is 1. The number of ether oxygens (including phenoxy) is 1. The van der Waals surface area contributed by atoms with Crippen molar-refractivity contribution < 1.29 is 19.2 Å². The molecule has 1 aromatic heterocycles. The third kappa shape index (κ3) is 5.62. The van der Waals surface area contributed by atoms with Crippen LogP contribution in [0.25, 0.3) is 0 Å². The first kappa shape index (κ1) is 23.6. The van der Waals surface area contributed by atoms with Crippen molar-refractivity contribution >= 4 is 17.6 Å². The Morgan fingerprint density at radius 3 is 2.45 bits per heavy atom. The molecule has 9 heteroatoms. The molecule has 3 aromatic rings. The first-order chi connectivity index (χ1) is 15.6. The molecule has 1 atom stereocenters. The van der Waals surface area contributed by atoms with Gasteiger partial charge in [0.2, 0.25) is 0 Å². The number of imidazole rings is 1. The zero-order chi connectivity index (χ0) is 24.2. The molecule has 1 N–H and O–H groups in total. The van der Waals surface area contributed by atoms with Crippen molar-refractivity contribution in [2.24, 2.45) is 7.05 Å². The van der Waals surface area contributed by atoms with Gasteiger partial charge in [0.15, 0.2) is 6.61 Å². The predicted octanol–water partition coefficient (Wildman–Crippen LogP) is 3.69. The zero-order valence-corrected chi connectivity index (χ0v) is 18.9. The van der Waals surface area contributed by atoms with Gasteiger partial charge in [0.05, 0.1) is 10.5 Å². The summed E-state index contributed by atoms with van der Waals surface area (Å²) in [6.07, 6.45) is 3.40. The van der Waals surface area contributed by atoms with Gasteiger partial charge in [-0.1, -0.05) is 57.2 Å². The molecule has 0 aliphatic heterocycles. The number of esters is 1. The van der Waals surface area contributed by atoms with Crippen molar-refractivity contribution in [2.75, 3.05) is 6.61 Å². The summed E-state index contributed by atoms with van der Waals surface area (Å²) in [4.78, 5) is 40.4. The molecule has 0 unspecified atom stereocenters. The average Bonchev–Trinajstić information content (AvgIpc) is 3.20. The Bertz CT molecular complexity index is 1170. The summed E-state index contributed by atoms with van der Waals surface area (Å²) < 4.78 is 6.93. The largest absolute Gasteiger partial charge is 0.452 e. The lowest BCUT2D eigenvalue weighted by atomic mass is 9.85. The highest BCUT2D eigenvalue weighted by Crippen LogP contribution is 2.32. The first-order valence-corrected chi connectivity index (χ1v) is 10.4. The molecule has 0 saturated heterocycles. The van der Waals surface area contributed by atoms with Crippen molar-refractivity contribution in [3.05, 3.63) is 93.6 Å². The second-order valence-corrected chi connectivity index (χ2v) is 8.62. The predicted molar refractivity (Wildman–Crippen MR) is 122 cm³/mol. The highest BCUT2D eigenvalue weighted by Gasteiger charge is 2.27. The summed E-state index contributed by atoms with van der Waals surface area (Å²) in [6.45, 7) is 5.01. The Morgan fingerprint density at radius 1 is 1.18 bits per heavy atom. The van der Waals surface area contributed by atoms with E-state index in [1.165, 1.54) is 12.1 Å². The van der Waals surface area contributed by atoms with Crippen LogP contribution in [0.3, 0.4) is 0 Å². The third-order valence-electron chi connectivity index (χ3n) is 5.13. The standard InChI is InChI=1S/C24H26N4O5/c1-24(2,3)18-11-10-17(14-19(18)28(31)32)23(30)33-15-20(29)26-21(16-8-6-5-7-9-16)22-25-12-13-27(22)4/h5-14,21H,15H2,1-4H3,(H,26,29)/t21-/m0/s1. The van der Waals surface area contributed by atoms with E-state index in [-0.39, 0.29) is 11.3 Å². The molecular weight excluding hydrogens is 424 g/mol. The van der Waals surface area contributed by atoms with Crippen molar-refractivity contribution in [1.29, 1.82) is 0 Å². The van der Waals surface area contributed by atoms with E-state index in [0.717, 1.165) is 5.56 Å². The molecule has 33 heavy (non-hydrogen) atoms. The zero-order valence-electron chi connectivity index (χ0n) is 18.9. The number of nitro groups is 1. The van der Waals surface area contributed by atoms with Gasteiger partial charge >= 0.3 is 5.97 Å². The smallest absolute Gasteiger partial charge is 0.338 e. The van der Waals surface area contributed by atoms with E-state index in [2.05, 4.69) is 10.3 Å². The average molecular weight is 450 g/mol. The Labute approximate surface area is 191 Å². The number of nitrogens with zero attached hydrogens (tertiary/aromatic N) is 3. The normalized spacial score (nSPS) is 12.1. The fourth-order valence-corrected chi connectivity index (χ4v) is 3.46. The molecule has 0 spiro atoms. The molecule has 0 bridgehead atoms. The number of carbonyl (C=O) groups is 2. The second kappa shape index (κ2) is 9.64. The maximum atomic E-state index is 12.6. The van der Waals surface area contributed by atoms with E-state index >= 15 is 0 Å². The Kier molecular flexibility index (Phi) is 6.91. The summed E-state index contributed by atoms with van der Waals surface area (Å²) in [5, 5.41) is 14.3. The lowest BCUT2D eigenvalue weighted by Gasteiger charge is -2.19. The monoisotopic (exact) mass is 450 g/mol. The summed E-state index contributed by atoms with van der Waals surface area (Å²) >= 11 is 0. The lowest BCUT2D eigenvalue weighted by molar-refractivity contribution is -0.386. The van der Waals surface area contributed by atoms with Gasteiger partial charge in [-0.3, -0.25) is 14.9 Å². The van der Waals surface area contributed by atoms with Gasteiger partial charge in [-0.15, -0.1) is 0 Å². The van der Waals surface area contributed by atoms with Crippen LogP contribution in [0.15, 0.2) is 60.9 Å². The topological polar surface area (TPSA) is 116 Å². The van der Waals surface area contributed by atoms with Crippen LogP contribution in [0.4, 0.5) is 5.69 Å². The molecule has 0 radical (unpaired) electrons. The number of carbonyl (C=O) groups excluding carboxylic acids is 2. The fourth-order valence-electron chi connectivity index (χ4n) is 3.46. The summed E-state index contributed by atoms with van der Waals surface area (Å²) in [7, 11) is 1.82. The van der Waals surface area contributed by atoms with Gasteiger partial charge in [-0.2, -0.15) is 0 Å². The van der Waals surface area contributed by atoms with Gasteiger partial charge in [0.1, 0.15) is 11.9 Å². The van der Waals surface area contributed by atoms with E-state index in [1.54, 1.807) is 23.0 Å². The fraction of sp³-hybridized carbons (Fsp3) is 0.292. The summed E-state index contributed by atoms with van der Waals surface area (Å²) in [5.74, 6) is -0.725. The number of aryl methyl sites for hydroxylation is 1. The molecule has 9 nitrogen and oxygen atoms in total. The molecule has 1 amide bonds. The molecule has 1 heterocycles. The minimum atomic E-state index is -0.818. The van der Waals surface area contributed by atoms with Gasteiger partial charge in [-0.25, -0.2) is 9.78 Å². The van der Waals surface area contributed by atoms with E-state index in [0.29, 0.717) is 11.4 Å². The minimum Gasteiger partial charge on any atom is -0.452 e. The SMILES string of the molecule is Cn1ccnc1[C@@H](NC(=O)COC(=O)c1ccc(C(C)(C)C)c([N+](=O)[O-])c1)c1ccccc1. The van der Waals surface area contributed by atoms with Crippen LogP contribution in [0.5, 0.6) is 0 Å².